The highest BCUT2D eigenvalue weighted by atomic mass is 19.4. The molecule has 1 aliphatic carbocycles. The SMILES string of the molecule is CCn1ncnc1CC1(O)CCCC(C(F)(F)F)C1. The van der Waals surface area contributed by atoms with Crippen LogP contribution in [-0.4, -0.2) is 31.6 Å². The first-order valence-corrected chi connectivity index (χ1v) is 6.50. The molecule has 0 bridgehead atoms. The molecule has 0 amide bonds. The van der Waals surface area contributed by atoms with Gasteiger partial charge in [0.2, 0.25) is 0 Å². The first-order valence-electron chi connectivity index (χ1n) is 6.50. The van der Waals surface area contributed by atoms with Crippen molar-refractivity contribution in [1.29, 1.82) is 0 Å². The number of alkyl halides is 3. The van der Waals surface area contributed by atoms with Gasteiger partial charge >= 0.3 is 6.18 Å². The van der Waals surface area contributed by atoms with Gasteiger partial charge in [-0.15, -0.1) is 0 Å². The van der Waals surface area contributed by atoms with E-state index in [9.17, 15) is 18.3 Å². The first kappa shape index (κ1) is 14.3. The zero-order valence-corrected chi connectivity index (χ0v) is 10.8. The van der Waals surface area contributed by atoms with Crippen LogP contribution in [0.15, 0.2) is 6.33 Å². The van der Waals surface area contributed by atoms with Gasteiger partial charge in [0.05, 0.1) is 11.5 Å². The summed E-state index contributed by atoms with van der Waals surface area (Å²) >= 11 is 0. The highest BCUT2D eigenvalue weighted by Crippen LogP contribution is 2.42. The molecule has 108 valence electrons. The molecular formula is C12H18F3N3O. The molecule has 1 saturated carbocycles. The van der Waals surface area contributed by atoms with Crippen molar-refractivity contribution in [2.24, 2.45) is 5.92 Å². The van der Waals surface area contributed by atoms with E-state index in [1.54, 1.807) is 4.68 Å². The fraction of sp³-hybridized carbons (Fsp3) is 0.833. The van der Waals surface area contributed by atoms with Crippen LogP contribution in [0.2, 0.25) is 0 Å². The first-order chi connectivity index (χ1) is 8.84. The fourth-order valence-corrected chi connectivity index (χ4v) is 2.76. The van der Waals surface area contributed by atoms with Crippen molar-refractivity contribution in [3.63, 3.8) is 0 Å². The summed E-state index contributed by atoms with van der Waals surface area (Å²) in [5.74, 6) is -0.864. The molecule has 0 aromatic carbocycles. The lowest BCUT2D eigenvalue weighted by atomic mass is 9.76. The molecule has 0 saturated heterocycles. The van der Waals surface area contributed by atoms with Crippen molar-refractivity contribution in [3.05, 3.63) is 12.2 Å². The van der Waals surface area contributed by atoms with Crippen LogP contribution in [-0.2, 0) is 13.0 Å². The number of aromatic nitrogens is 3. The standard InChI is InChI=1S/C12H18F3N3O/c1-2-18-10(16-8-17-18)7-11(19)5-3-4-9(6-11)12(13,14)15/h8-9,19H,2-7H2,1H3. The average molecular weight is 277 g/mol. The topological polar surface area (TPSA) is 50.9 Å². The predicted octanol–water partition coefficient (Wildman–Crippen LogP) is 2.32. The Kier molecular flexibility index (Phi) is 3.85. The summed E-state index contributed by atoms with van der Waals surface area (Å²) in [6.07, 6.45) is -2.09. The summed E-state index contributed by atoms with van der Waals surface area (Å²) in [7, 11) is 0. The van der Waals surface area contributed by atoms with Gasteiger partial charge in [0.1, 0.15) is 12.2 Å². The van der Waals surface area contributed by atoms with Crippen LogP contribution in [0.25, 0.3) is 0 Å². The van der Waals surface area contributed by atoms with E-state index in [1.165, 1.54) is 6.33 Å². The number of aryl methyl sites for hydroxylation is 1. The third kappa shape index (κ3) is 3.26. The van der Waals surface area contributed by atoms with Crippen LogP contribution in [0.3, 0.4) is 0 Å². The quantitative estimate of drug-likeness (QED) is 0.922. The number of hydrogen-bond acceptors (Lipinski definition) is 3. The monoisotopic (exact) mass is 277 g/mol. The van der Waals surface area contributed by atoms with Crippen LogP contribution in [0.5, 0.6) is 0 Å². The largest absolute Gasteiger partial charge is 0.391 e. The molecule has 19 heavy (non-hydrogen) atoms. The second-order valence-electron chi connectivity index (χ2n) is 5.23. The number of aliphatic hydroxyl groups is 1. The zero-order valence-electron chi connectivity index (χ0n) is 10.8. The van der Waals surface area contributed by atoms with Gasteiger partial charge in [-0.1, -0.05) is 0 Å². The number of rotatable bonds is 3. The smallest absolute Gasteiger partial charge is 0.389 e. The lowest BCUT2D eigenvalue weighted by molar-refractivity contribution is -0.200. The highest BCUT2D eigenvalue weighted by molar-refractivity contribution is 4.98. The van der Waals surface area contributed by atoms with Crippen molar-refractivity contribution in [2.75, 3.05) is 0 Å². The Morgan fingerprint density at radius 3 is 2.89 bits per heavy atom. The van der Waals surface area contributed by atoms with Gasteiger partial charge in [0, 0.05) is 13.0 Å². The van der Waals surface area contributed by atoms with Gasteiger partial charge in [-0.25, -0.2) is 4.98 Å². The average Bonchev–Trinajstić information content (AvgIpc) is 2.74. The van der Waals surface area contributed by atoms with Gasteiger partial charge in [-0.2, -0.15) is 18.3 Å². The molecule has 0 radical (unpaired) electrons. The maximum atomic E-state index is 12.8. The second kappa shape index (κ2) is 5.11. The number of hydrogen-bond donors (Lipinski definition) is 1. The van der Waals surface area contributed by atoms with Crippen LogP contribution in [0.4, 0.5) is 13.2 Å². The molecule has 1 aromatic heterocycles. The Morgan fingerprint density at radius 2 is 2.26 bits per heavy atom. The Balaban J connectivity index is 2.10. The van der Waals surface area contributed by atoms with Crippen molar-refractivity contribution >= 4 is 0 Å². The molecule has 7 heteroatoms. The fourth-order valence-electron chi connectivity index (χ4n) is 2.76. The summed E-state index contributed by atoms with van der Waals surface area (Å²) in [6, 6.07) is 0. The summed E-state index contributed by atoms with van der Waals surface area (Å²) in [5.41, 5.74) is -1.32. The third-order valence-corrected chi connectivity index (χ3v) is 3.77. The van der Waals surface area contributed by atoms with Crippen LogP contribution < -0.4 is 0 Å². The summed E-state index contributed by atoms with van der Waals surface area (Å²) in [5, 5.41) is 14.4. The van der Waals surface area contributed by atoms with Crippen molar-refractivity contribution < 1.29 is 18.3 Å². The molecule has 1 N–H and O–H groups in total. The Morgan fingerprint density at radius 1 is 1.53 bits per heavy atom. The van der Waals surface area contributed by atoms with E-state index in [1.807, 2.05) is 6.92 Å². The van der Waals surface area contributed by atoms with E-state index < -0.39 is 17.7 Å². The maximum absolute atomic E-state index is 12.8. The molecule has 2 unspecified atom stereocenters. The lowest BCUT2D eigenvalue weighted by Crippen LogP contribution is -2.42. The number of halogens is 3. The molecule has 0 aliphatic heterocycles. The third-order valence-electron chi connectivity index (χ3n) is 3.77. The molecule has 1 aliphatic rings. The summed E-state index contributed by atoms with van der Waals surface area (Å²) in [4.78, 5) is 4.02. The summed E-state index contributed by atoms with van der Waals surface area (Å²) in [6.45, 7) is 2.47. The van der Waals surface area contributed by atoms with E-state index in [2.05, 4.69) is 10.1 Å². The number of nitrogens with zero attached hydrogens (tertiary/aromatic N) is 3. The summed E-state index contributed by atoms with van der Waals surface area (Å²) < 4.78 is 39.9. The Bertz CT molecular complexity index is 432. The van der Waals surface area contributed by atoms with Gasteiger partial charge < -0.3 is 5.11 Å². The van der Waals surface area contributed by atoms with E-state index in [-0.39, 0.29) is 19.3 Å². The molecule has 4 nitrogen and oxygen atoms in total. The van der Waals surface area contributed by atoms with Crippen molar-refractivity contribution in [3.8, 4) is 0 Å². The Labute approximate surface area is 109 Å². The molecule has 1 heterocycles. The van der Waals surface area contributed by atoms with Gasteiger partial charge in [0.25, 0.3) is 0 Å². The van der Waals surface area contributed by atoms with Crippen molar-refractivity contribution in [2.45, 2.75) is 57.3 Å². The van der Waals surface area contributed by atoms with Gasteiger partial charge in [-0.05, 0) is 32.6 Å². The predicted molar refractivity (Wildman–Crippen MR) is 62.4 cm³/mol. The maximum Gasteiger partial charge on any atom is 0.391 e. The van der Waals surface area contributed by atoms with Crippen molar-refractivity contribution in [1.82, 2.24) is 14.8 Å². The molecular weight excluding hydrogens is 259 g/mol. The van der Waals surface area contributed by atoms with E-state index in [4.69, 9.17) is 0 Å². The minimum atomic E-state index is -4.23. The van der Waals surface area contributed by atoms with E-state index in [0.717, 1.165) is 0 Å². The molecule has 2 atom stereocenters. The lowest BCUT2D eigenvalue weighted by Gasteiger charge is -2.37. The van der Waals surface area contributed by atoms with Crippen LogP contribution >= 0.6 is 0 Å². The Hall–Kier alpha value is -1.11. The zero-order chi connectivity index (χ0) is 14.1. The highest BCUT2D eigenvalue weighted by Gasteiger charge is 2.47. The van der Waals surface area contributed by atoms with E-state index >= 15 is 0 Å². The van der Waals surface area contributed by atoms with Crippen LogP contribution in [0, 0.1) is 5.92 Å². The van der Waals surface area contributed by atoms with Gasteiger partial charge in [-0.3, -0.25) is 4.68 Å². The normalized spacial score (nSPS) is 28.6. The molecule has 1 fully saturated rings. The van der Waals surface area contributed by atoms with Gasteiger partial charge in [0.15, 0.2) is 0 Å². The molecule has 0 spiro atoms. The van der Waals surface area contributed by atoms with Crippen LogP contribution in [0.1, 0.15) is 38.4 Å². The molecule has 2 rings (SSSR count). The minimum absolute atomic E-state index is 0.103. The van der Waals surface area contributed by atoms with E-state index in [0.29, 0.717) is 25.2 Å². The minimum Gasteiger partial charge on any atom is -0.389 e. The second-order valence-corrected chi connectivity index (χ2v) is 5.23. The molecule has 1 aromatic rings.